The molecular weight excluding hydrogens is 422 g/mol. The molecule has 1 aliphatic rings. The van der Waals surface area contributed by atoms with Crippen molar-refractivity contribution in [2.45, 2.75) is 6.42 Å². The number of hydrogen-bond acceptors (Lipinski definition) is 8. The highest BCUT2D eigenvalue weighted by molar-refractivity contribution is 5.91. The van der Waals surface area contributed by atoms with Gasteiger partial charge in [0.25, 0.3) is 5.69 Å². The molecule has 1 aromatic heterocycles. The van der Waals surface area contributed by atoms with Crippen molar-refractivity contribution in [1.29, 1.82) is 0 Å². The van der Waals surface area contributed by atoms with Crippen LogP contribution in [0, 0.1) is 10.1 Å². The number of nitro groups is 1. The van der Waals surface area contributed by atoms with Crippen molar-refractivity contribution >= 4 is 34.6 Å². The Bertz CT molecular complexity index is 1130. The number of nitrogens with zero attached hydrogens (tertiary/aromatic N) is 4. The van der Waals surface area contributed by atoms with Crippen LogP contribution in [-0.2, 0) is 4.74 Å². The van der Waals surface area contributed by atoms with Crippen LogP contribution in [0.2, 0.25) is 0 Å². The second-order valence-corrected chi connectivity index (χ2v) is 7.73. The van der Waals surface area contributed by atoms with E-state index in [0.29, 0.717) is 17.2 Å². The molecule has 4 rings (SSSR count). The second kappa shape index (κ2) is 10.8. The summed E-state index contributed by atoms with van der Waals surface area (Å²) in [5.41, 5.74) is 1.51. The maximum atomic E-state index is 11.2. The predicted molar refractivity (Wildman–Crippen MR) is 128 cm³/mol. The van der Waals surface area contributed by atoms with Gasteiger partial charge in [-0.2, -0.15) is 0 Å². The molecule has 0 bridgehead atoms. The molecule has 0 aliphatic carbocycles. The van der Waals surface area contributed by atoms with E-state index in [4.69, 9.17) is 9.47 Å². The van der Waals surface area contributed by atoms with Crippen LogP contribution >= 0.6 is 0 Å². The number of morpholine rings is 1. The van der Waals surface area contributed by atoms with Crippen LogP contribution in [0.25, 0.3) is 23.1 Å². The highest BCUT2D eigenvalue weighted by atomic mass is 16.6. The molecule has 1 N–H and O–H groups in total. The third-order valence-electron chi connectivity index (χ3n) is 5.50. The van der Waals surface area contributed by atoms with Crippen LogP contribution in [0.1, 0.15) is 17.8 Å². The van der Waals surface area contributed by atoms with E-state index in [9.17, 15) is 10.1 Å². The third-order valence-corrected chi connectivity index (χ3v) is 5.50. The molecule has 0 amide bonds. The molecule has 3 aromatic rings. The van der Waals surface area contributed by atoms with E-state index in [1.807, 2.05) is 30.3 Å². The first-order chi connectivity index (χ1) is 16.1. The Balaban J connectivity index is 1.53. The molecule has 33 heavy (non-hydrogen) atoms. The van der Waals surface area contributed by atoms with Gasteiger partial charge < -0.3 is 14.8 Å². The van der Waals surface area contributed by atoms with Gasteiger partial charge in [0, 0.05) is 37.2 Å². The van der Waals surface area contributed by atoms with E-state index in [-0.39, 0.29) is 5.69 Å². The number of fused-ring (bicyclic) bond motifs is 1. The summed E-state index contributed by atoms with van der Waals surface area (Å²) >= 11 is 0. The lowest BCUT2D eigenvalue weighted by Crippen LogP contribution is -2.37. The quantitative estimate of drug-likeness (QED) is 0.299. The van der Waals surface area contributed by atoms with E-state index < -0.39 is 4.92 Å². The van der Waals surface area contributed by atoms with Crippen LogP contribution in [0.4, 0.5) is 11.5 Å². The first-order valence-electron chi connectivity index (χ1n) is 10.9. The van der Waals surface area contributed by atoms with Gasteiger partial charge in [-0.3, -0.25) is 15.0 Å². The molecule has 0 atom stereocenters. The Morgan fingerprint density at radius 1 is 1.15 bits per heavy atom. The van der Waals surface area contributed by atoms with E-state index in [0.717, 1.165) is 62.5 Å². The van der Waals surface area contributed by atoms with Gasteiger partial charge in [0.2, 0.25) is 0 Å². The average molecular weight is 450 g/mol. The summed E-state index contributed by atoms with van der Waals surface area (Å²) in [5, 5.41) is 15.4. The summed E-state index contributed by atoms with van der Waals surface area (Å²) in [5.74, 6) is 1.94. The molecular formula is C24H27N5O4. The van der Waals surface area contributed by atoms with E-state index in [1.165, 1.54) is 12.1 Å². The molecule has 9 heteroatoms. The van der Waals surface area contributed by atoms with Crippen molar-refractivity contribution in [3.8, 4) is 5.75 Å². The zero-order valence-corrected chi connectivity index (χ0v) is 18.6. The second-order valence-electron chi connectivity index (χ2n) is 7.73. The molecule has 1 aliphatic heterocycles. The highest BCUT2D eigenvalue weighted by Gasteiger charge is 2.13. The monoisotopic (exact) mass is 449 g/mol. The van der Waals surface area contributed by atoms with Gasteiger partial charge in [-0.1, -0.05) is 18.2 Å². The fourth-order valence-corrected chi connectivity index (χ4v) is 3.68. The Kier molecular flexibility index (Phi) is 7.43. The van der Waals surface area contributed by atoms with Crippen molar-refractivity contribution < 1.29 is 14.4 Å². The number of hydrogen-bond donors (Lipinski definition) is 1. The Labute approximate surface area is 192 Å². The van der Waals surface area contributed by atoms with Crippen LogP contribution < -0.4 is 10.1 Å². The lowest BCUT2D eigenvalue weighted by molar-refractivity contribution is -0.384. The van der Waals surface area contributed by atoms with Gasteiger partial charge in [-0.05, 0) is 42.8 Å². The van der Waals surface area contributed by atoms with Gasteiger partial charge in [0.15, 0.2) is 5.82 Å². The fourth-order valence-electron chi connectivity index (χ4n) is 3.68. The topological polar surface area (TPSA) is 103 Å². The zero-order valence-electron chi connectivity index (χ0n) is 18.6. The molecule has 2 heterocycles. The number of ether oxygens (including phenoxy) is 2. The van der Waals surface area contributed by atoms with Crippen LogP contribution in [0.15, 0.2) is 42.5 Å². The lowest BCUT2D eigenvalue weighted by Gasteiger charge is -2.26. The predicted octanol–water partition coefficient (Wildman–Crippen LogP) is 3.85. The zero-order chi connectivity index (χ0) is 23.0. The molecule has 0 radical (unpaired) electrons. The minimum absolute atomic E-state index is 0.00421. The summed E-state index contributed by atoms with van der Waals surface area (Å²) in [4.78, 5) is 22.4. The number of benzene rings is 2. The van der Waals surface area contributed by atoms with Crippen molar-refractivity contribution in [3.63, 3.8) is 0 Å². The number of anilines is 1. The lowest BCUT2D eigenvalue weighted by atomic mass is 10.2. The van der Waals surface area contributed by atoms with Gasteiger partial charge >= 0.3 is 0 Å². The largest absolute Gasteiger partial charge is 0.497 e. The smallest absolute Gasteiger partial charge is 0.271 e. The first-order valence-corrected chi connectivity index (χ1v) is 10.9. The number of aromatic nitrogens is 2. The SMILES string of the molecule is COc1ccc(/C=C/c2nc(NCCCN3CCOCC3)c3ccc([N+](=O)[O-])cc3n2)cc1. The number of non-ortho nitro benzene ring substituents is 1. The number of nitro benzene ring substituents is 1. The molecule has 0 unspecified atom stereocenters. The van der Waals surface area contributed by atoms with Gasteiger partial charge in [0.05, 0.1) is 30.8 Å². The van der Waals surface area contributed by atoms with Gasteiger partial charge in [-0.25, -0.2) is 9.97 Å². The maximum Gasteiger partial charge on any atom is 0.271 e. The van der Waals surface area contributed by atoms with Gasteiger partial charge in [-0.15, -0.1) is 0 Å². The fraction of sp³-hybridized carbons (Fsp3) is 0.333. The molecule has 0 saturated carbocycles. The van der Waals surface area contributed by atoms with Crippen molar-refractivity contribution in [1.82, 2.24) is 14.9 Å². The Hall–Kier alpha value is -3.56. The van der Waals surface area contributed by atoms with Crippen LogP contribution in [0.5, 0.6) is 5.75 Å². The minimum atomic E-state index is -0.413. The highest BCUT2D eigenvalue weighted by Crippen LogP contribution is 2.25. The third kappa shape index (κ3) is 6.03. The van der Waals surface area contributed by atoms with E-state index >= 15 is 0 Å². The average Bonchev–Trinajstić information content (AvgIpc) is 2.85. The summed E-state index contributed by atoms with van der Waals surface area (Å²) in [6.45, 7) is 5.21. The van der Waals surface area contributed by atoms with Crippen molar-refractivity contribution in [3.05, 3.63) is 64.0 Å². The first kappa shape index (κ1) is 22.6. The molecule has 2 aromatic carbocycles. The maximum absolute atomic E-state index is 11.2. The standard InChI is InChI=1S/C24H27N5O4/c1-32-20-7-3-18(4-8-20)5-10-23-26-22-17-19(29(30)31)6-9-21(22)24(27-23)25-11-2-12-28-13-15-33-16-14-28/h3-10,17H,2,11-16H2,1H3,(H,25,26,27)/b10-5+. The Morgan fingerprint density at radius 2 is 1.94 bits per heavy atom. The number of rotatable bonds is 9. The summed E-state index contributed by atoms with van der Waals surface area (Å²) in [6, 6.07) is 12.3. The van der Waals surface area contributed by atoms with E-state index in [1.54, 1.807) is 19.3 Å². The van der Waals surface area contributed by atoms with Crippen molar-refractivity contribution in [2.24, 2.45) is 0 Å². The molecule has 9 nitrogen and oxygen atoms in total. The minimum Gasteiger partial charge on any atom is -0.497 e. The molecule has 1 fully saturated rings. The van der Waals surface area contributed by atoms with Crippen molar-refractivity contribution in [2.75, 3.05) is 51.8 Å². The number of methoxy groups -OCH3 is 1. The van der Waals surface area contributed by atoms with Crippen LogP contribution in [-0.4, -0.2) is 66.3 Å². The van der Waals surface area contributed by atoms with Gasteiger partial charge in [0.1, 0.15) is 11.6 Å². The summed E-state index contributed by atoms with van der Waals surface area (Å²) in [7, 11) is 1.63. The Morgan fingerprint density at radius 3 is 2.67 bits per heavy atom. The molecule has 1 saturated heterocycles. The number of nitrogens with one attached hydrogen (secondary N) is 1. The van der Waals surface area contributed by atoms with Crippen LogP contribution in [0.3, 0.4) is 0 Å². The normalized spacial score (nSPS) is 14.6. The molecule has 172 valence electrons. The summed E-state index contributed by atoms with van der Waals surface area (Å²) in [6.07, 6.45) is 4.66. The van der Waals surface area contributed by atoms with E-state index in [2.05, 4.69) is 20.2 Å². The summed E-state index contributed by atoms with van der Waals surface area (Å²) < 4.78 is 10.6. The molecule has 0 spiro atoms.